The minimum atomic E-state index is 0.493. The van der Waals surface area contributed by atoms with E-state index in [1.54, 1.807) is 42.7 Å². The van der Waals surface area contributed by atoms with E-state index in [9.17, 15) is 0 Å². The Hall–Kier alpha value is -2.42. The van der Waals surface area contributed by atoms with Crippen LogP contribution >= 0.6 is 11.8 Å². The van der Waals surface area contributed by atoms with Crippen molar-refractivity contribution in [2.75, 3.05) is 12.4 Å². The molecular formula is C10H10N8S. The quantitative estimate of drug-likeness (QED) is 0.731. The van der Waals surface area contributed by atoms with Crippen LogP contribution in [0.2, 0.25) is 0 Å². The third-order valence-electron chi connectivity index (χ3n) is 2.22. The van der Waals surface area contributed by atoms with Gasteiger partial charge in [0.05, 0.1) is 0 Å². The number of rotatable bonds is 4. The van der Waals surface area contributed by atoms with Crippen LogP contribution < -0.4 is 5.32 Å². The number of nitrogens with one attached hydrogen (secondary N) is 2. The Morgan fingerprint density at radius 2 is 2.21 bits per heavy atom. The molecule has 0 aliphatic rings. The van der Waals surface area contributed by atoms with Crippen LogP contribution in [-0.4, -0.2) is 41.5 Å². The number of H-pyrrole nitrogens is 1. The first-order valence-corrected chi connectivity index (χ1v) is 6.26. The summed E-state index contributed by atoms with van der Waals surface area (Å²) in [5.41, 5.74) is 0. The number of nitrogens with zero attached hydrogens (tertiary/aromatic N) is 6. The highest BCUT2D eigenvalue weighted by Gasteiger charge is 2.09. The van der Waals surface area contributed by atoms with E-state index in [1.165, 1.54) is 11.8 Å². The molecule has 0 saturated carbocycles. The second-order valence-corrected chi connectivity index (χ2v) is 4.41. The Kier molecular flexibility index (Phi) is 3.11. The van der Waals surface area contributed by atoms with Crippen molar-refractivity contribution in [3.05, 3.63) is 31.1 Å². The first-order chi connectivity index (χ1) is 9.35. The van der Waals surface area contributed by atoms with Gasteiger partial charge in [-0.3, -0.25) is 4.57 Å². The number of anilines is 1. The number of hydrogen-bond donors (Lipinski definition) is 2. The van der Waals surface area contributed by atoms with Gasteiger partial charge in [-0.2, -0.15) is 15.0 Å². The molecule has 0 radical (unpaired) electrons. The van der Waals surface area contributed by atoms with Gasteiger partial charge in [-0.15, -0.1) is 0 Å². The Morgan fingerprint density at radius 3 is 2.89 bits per heavy atom. The van der Waals surface area contributed by atoms with E-state index in [0.717, 1.165) is 5.16 Å². The number of imidazole rings is 2. The number of aromatic nitrogens is 7. The SMILES string of the molecule is CNc1nc(Sc2ncc[nH]2)nc(-n2ccnc2)n1. The van der Waals surface area contributed by atoms with Crippen molar-refractivity contribution in [3.8, 4) is 5.95 Å². The van der Waals surface area contributed by atoms with E-state index >= 15 is 0 Å². The Bertz CT molecular complexity index is 648. The standard InChI is InChI=1S/C10H10N8S/c1-11-7-15-8(18-5-4-12-6-18)17-10(16-7)19-9-13-2-3-14-9/h2-6H,1H3,(H,13,14)(H,11,15,16,17). The predicted molar refractivity (Wildman–Crippen MR) is 69.2 cm³/mol. The van der Waals surface area contributed by atoms with Crippen molar-refractivity contribution >= 4 is 17.7 Å². The van der Waals surface area contributed by atoms with Crippen molar-refractivity contribution in [2.24, 2.45) is 0 Å². The number of aromatic amines is 1. The molecule has 0 bridgehead atoms. The van der Waals surface area contributed by atoms with Gasteiger partial charge in [-0.05, 0) is 11.8 Å². The maximum absolute atomic E-state index is 4.36. The van der Waals surface area contributed by atoms with Gasteiger partial charge in [0.1, 0.15) is 6.33 Å². The first-order valence-electron chi connectivity index (χ1n) is 5.44. The van der Waals surface area contributed by atoms with E-state index in [2.05, 4.69) is 35.2 Å². The highest BCUT2D eigenvalue weighted by atomic mass is 32.2. The van der Waals surface area contributed by atoms with E-state index < -0.39 is 0 Å². The summed E-state index contributed by atoms with van der Waals surface area (Å²) >= 11 is 1.33. The molecule has 0 aliphatic carbocycles. The lowest BCUT2D eigenvalue weighted by Gasteiger charge is -2.05. The van der Waals surface area contributed by atoms with Gasteiger partial charge in [0.15, 0.2) is 5.16 Å². The summed E-state index contributed by atoms with van der Waals surface area (Å²) in [5.74, 6) is 0.999. The molecule has 3 aromatic rings. The van der Waals surface area contributed by atoms with Crippen molar-refractivity contribution in [1.82, 2.24) is 34.5 Å². The molecule has 3 heterocycles. The molecule has 0 aromatic carbocycles. The van der Waals surface area contributed by atoms with Crippen LogP contribution in [0.1, 0.15) is 0 Å². The van der Waals surface area contributed by atoms with E-state index in [1.807, 2.05) is 0 Å². The number of hydrogen-bond acceptors (Lipinski definition) is 7. The Morgan fingerprint density at radius 1 is 1.26 bits per heavy atom. The first kappa shape index (κ1) is 11.7. The fraction of sp³-hybridized carbons (Fsp3) is 0.100. The molecule has 0 atom stereocenters. The van der Waals surface area contributed by atoms with Crippen LogP contribution in [0, 0.1) is 0 Å². The molecule has 3 rings (SSSR count). The molecule has 19 heavy (non-hydrogen) atoms. The molecule has 96 valence electrons. The topological polar surface area (TPSA) is 97.2 Å². The highest BCUT2D eigenvalue weighted by Crippen LogP contribution is 2.21. The molecule has 9 heteroatoms. The third-order valence-corrected chi connectivity index (χ3v) is 3.00. The highest BCUT2D eigenvalue weighted by molar-refractivity contribution is 7.99. The van der Waals surface area contributed by atoms with Gasteiger partial charge >= 0.3 is 0 Å². The molecule has 8 nitrogen and oxygen atoms in total. The van der Waals surface area contributed by atoms with Crippen molar-refractivity contribution in [2.45, 2.75) is 10.3 Å². The molecule has 0 spiro atoms. The molecular weight excluding hydrogens is 264 g/mol. The fourth-order valence-corrected chi connectivity index (χ4v) is 2.06. The molecule has 0 aliphatic heterocycles. The average molecular weight is 274 g/mol. The average Bonchev–Trinajstić information content (AvgIpc) is 3.11. The van der Waals surface area contributed by atoms with E-state index in [-0.39, 0.29) is 0 Å². The summed E-state index contributed by atoms with van der Waals surface area (Å²) in [7, 11) is 1.76. The normalized spacial score (nSPS) is 10.6. The van der Waals surface area contributed by atoms with Gasteiger partial charge < -0.3 is 10.3 Å². The smallest absolute Gasteiger partial charge is 0.240 e. The lowest BCUT2D eigenvalue weighted by molar-refractivity contribution is 0.825. The van der Waals surface area contributed by atoms with Crippen LogP contribution in [0.4, 0.5) is 5.95 Å². The zero-order valence-corrected chi connectivity index (χ0v) is 10.8. The molecule has 0 saturated heterocycles. The zero-order chi connectivity index (χ0) is 13.1. The maximum atomic E-state index is 4.36. The maximum Gasteiger partial charge on any atom is 0.240 e. The summed E-state index contributed by atoms with van der Waals surface area (Å²) in [6.45, 7) is 0. The molecule has 2 N–H and O–H groups in total. The summed E-state index contributed by atoms with van der Waals surface area (Å²) in [6.07, 6.45) is 8.51. The minimum absolute atomic E-state index is 0.493. The summed E-state index contributed by atoms with van der Waals surface area (Å²) < 4.78 is 1.72. The van der Waals surface area contributed by atoms with Crippen molar-refractivity contribution in [3.63, 3.8) is 0 Å². The zero-order valence-electron chi connectivity index (χ0n) is 9.98. The minimum Gasteiger partial charge on any atom is -0.357 e. The Balaban J connectivity index is 1.98. The van der Waals surface area contributed by atoms with Crippen LogP contribution in [0.5, 0.6) is 0 Å². The van der Waals surface area contributed by atoms with Crippen LogP contribution in [0.3, 0.4) is 0 Å². The van der Waals surface area contributed by atoms with Gasteiger partial charge in [0, 0.05) is 31.8 Å². The van der Waals surface area contributed by atoms with Crippen LogP contribution in [0.15, 0.2) is 41.4 Å². The fourth-order valence-electron chi connectivity index (χ4n) is 1.39. The van der Waals surface area contributed by atoms with Gasteiger partial charge in [0.25, 0.3) is 0 Å². The summed E-state index contributed by atoms with van der Waals surface area (Å²) in [6, 6.07) is 0. The summed E-state index contributed by atoms with van der Waals surface area (Å²) in [5, 5.41) is 4.19. The molecule has 0 amide bonds. The second-order valence-electron chi connectivity index (χ2n) is 3.46. The second kappa shape index (κ2) is 5.06. The van der Waals surface area contributed by atoms with Crippen LogP contribution in [0.25, 0.3) is 5.95 Å². The predicted octanol–water partition coefficient (Wildman–Crippen LogP) is 0.973. The largest absolute Gasteiger partial charge is 0.357 e. The van der Waals surface area contributed by atoms with Crippen LogP contribution in [-0.2, 0) is 0 Å². The third kappa shape index (κ3) is 2.55. The van der Waals surface area contributed by atoms with E-state index in [0.29, 0.717) is 17.1 Å². The molecule has 0 unspecified atom stereocenters. The van der Waals surface area contributed by atoms with Gasteiger partial charge in [-0.25, -0.2) is 9.97 Å². The lowest BCUT2D eigenvalue weighted by atomic mass is 10.8. The Labute approximate surface area is 112 Å². The van der Waals surface area contributed by atoms with Crippen molar-refractivity contribution in [1.29, 1.82) is 0 Å². The van der Waals surface area contributed by atoms with Gasteiger partial charge in [-0.1, -0.05) is 0 Å². The summed E-state index contributed by atoms with van der Waals surface area (Å²) in [4.78, 5) is 24.0. The molecule has 3 aromatic heterocycles. The molecule has 0 fully saturated rings. The monoisotopic (exact) mass is 274 g/mol. The van der Waals surface area contributed by atoms with Gasteiger partial charge in [0.2, 0.25) is 17.1 Å². The van der Waals surface area contributed by atoms with Crippen molar-refractivity contribution < 1.29 is 0 Å². The lowest BCUT2D eigenvalue weighted by Crippen LogP contribution is -2.06. The van der Waals surface area contributed by atoms with E-state index in [4.69, 9.17) is 0 Å².